The van der Waals surface area contributed by atoms with Crippen molar-refractivity contribution in [2.45, 2.75) is 38.6 Å². The van der Waals surface area contributed by atoms with Crippen LogP contribution in [0.3, 0.4) is 0 Å². The molecule has 2 atom stereocenters. The van der Waals surface area contributed by atoms with Gasteiger partial charge in [-0.2, -0.15) is 0 Å². The standard InChI is InChI=1S/C16H25NO/c1-3-13-4-6-14(7-5-13)10-16(17-2)11-15-8-9-18-12-15/h4-7,15-17H,3,8-12H2,1-2H3. The first kappa shape index (κ1) is 13.6. The van der Waals surface area contributed by atoms with Crippen molar-refractivity contribution in [3.05, 3.63) is 35.4 Å². The topological polar surface area (TPSA) is 21.3 Å². The van der Waals surface area contributed by atoms with E-state index in [0.29, 0.717) is 6.04 Å². The van der Waals surface area contributed by atoms with E-state index in [1.807, 2.05) is 0 Å². The highest BCUT2D eigenvalue weighted by atomic mass is 16.5. The van der Waals surface area contributed by atoms with Crippen molar-refractivity contribution in [2.24, 2.45) is 5.92 Å². The third-order valence-electron chi connectivity index (χ3n) is 3.96. The molecule has 0 aromatic heterocycles. The van der Waals surface area contributed by atoms with Gasteiger partial charge in [0.1, 0.15) is 0 Å². The van der Waals surface area contributed by atoms with Crippen molar-refractivity contribution in [2.75, 3.05) is 20.3 Å². The zero-order chi connectivity index (χ0) is 12.8. The first-order valence-electron chi connectivity index (χ1n) is 7.14. The second kappa shape index (κ2) is 6.91. The summed E-state index contributed by atoms with van der Waals surface area (Å²) in [6, 6.07) is 9.62. The van der Waals surface area contributed by atoms with E-state index in [1.54, 1.807) is 0 Å². The molecule has 2 unspecified atom stereocenters. The van der Waals surface area contributed by atoms with E-state index < -0.39 is 0 Å². The average molecular weight is 247 g/mol. The first-order chi connectivity index (χ1) is 8.81. The van der Waals surface area contributed by atoms with Gasteiger partial charge in [-0.05, 0) is 49.8 Å². The fourth-order valence-electron chi connectivity index (χ4n) is 2.67. The SMILES string of the molecule is CCc1ccc(CC(CC2CCOC2)NC)cc1. The monoisotopic (exact) mass is 247 g/mol. The molecule has 0 saturated carbocycles. The van der Waals surface area contributed by atoms with Crippen molar-refractivity contribution in [1.29, 1.82) is 0 Å². The molecule has 1 aliphatic rings. The molecule has 1 N–H and O–H groups in total. The number of aryl methyl sites for hydroxylation is 1. The van der Waals surface area contributed by atoms with Crippen molar-refractivity contribution in [3.8, 4) is 0 Å². The lowest BCUT2D eigenvalue weighted by Crippen LogP contribution is -2.30. The van der Waals surface area contributed by atoms with Gasteiger partial charge < -0.3 is 10.1 Å². The summed E-state index contributed by atoms with van der Waals surface area (Å²) in [7, 11) is 2.07. The van der Waals surface area contributed by atoms with Crippen LogP contribution in [0.25, 0.3) is 0 Å². The van der Waals surface area contributed by atoms with Gasteiger partial charge in [0.15, 0.2) is 0 Å². The Hall–Kier alpha value is -0.860. The van der Waals surface area contributed by atoms with Gasteiger partial charge in [0.05, 0.1) is 0 Å². The Morgan fingerprint density at radius 1 is 1.28 bits per heavy atom. The highest BCUT2D eigenvalue weighted by Crippen LogP contribution is 2.20. The van der Waals surface area contributed by atoms with Crippen LogP contribution in [0.2, 0.25) is 0 Å². The summed E-state index contributed by atoms with van der Waals surface area (Å²) >= 11 is 0. The Bertz CT molecular complexity index is 341. The van der Waals surface area contributed by atoms with Crippen molar-refractivity contribution < 1.29 is 4.74 Å². The molecular weight excluding hydrogens is 222 g/mol. The quantitative estimate of drug-likeness (QED) is 0.834. The summed E-state index contributed by atoms with van der Waals surface area (Å²) in [6.07, 6.45) is 4.70. The van der Waals surface area contributed by atoms with E-state index in [4.69, 9.17) is 4.74 Å². The van der Waals surface area contributed by atoms with Crippen molar-refractivity contribution in [3.63, 3.8) is 0 Å². The van der Waals surface area contributed by atoms with Crippen LogP contribution >= 0.6 is 0 Å². The highest BCUT2D eigenvalue weighted by molar-refractivity contribution is 5.23. The summed E-state index contributed by atoms with van der Waals surface area (Å²) < 4.78 is 5.46. The first-order valence-corrected chi connectivity index (χ1v) is 7.14. The predicted octanol–water partition coefficient (Wildman–Crippen LogP) is 2.81. The Kier molecular flexibility index (Phi) is 5.21. The molecule has 1 fully saturated rings. The molecule has 2 heteroatoms. The number of likely N-dealkylation sites (N-methyl/N-ethyl adjacent to an activating group) is 1. The maximum atomic E-state index is 5.46. The smallest absolute Gasteiger partial charge is 0.0495 e. The van der Waals surface area contributed by atoms with Crippen LogP contribution in [0.1, 0.15) is 30.9 Å². The molecule has 2 rings (SSSR count). The van der Waals surface area contributed by atoms with E-state index in [1.165, 1.54) is 24.0 Å². The largest absolute Gasteiger partial charge is 0.381 e. The summed E-state index contributed by atoms with van der Waals surface area (Å²) in [6.45, 7) is 4.10. The molecule has 18 heavy (non-hydrogen) atoms. The molecule has 0 bridgehead atoms. The Balaban J connectivity index is 1.87. The van der Waals surface area contributed by atoms with Crippen LogP contribution in [0, 0.1) is 5.92 Å². The average Bonchev–Trinajstić information content (AvgIpc) is 2.91. The Morgan fingerprint density at radius 3 is 2.56 bits per heavy atom. The molecule has 0 spiro atoms. The molecule has 100 valence electrons. The van der Waals surface area contributed by atoms with Gasteiger partial charge in [-0.15, -0.1) is 0 Å². The molecule has 0 radical (unpaired) electrons. The third kappa shape index (κ3) is 3.82. The lowest BCUT2D eigenvalue weighted by atomic mass is 9.94. The number of hydrogen-bond donors (Lipinski definition) is 1. The summed E-state index contributed by atoms with van der Waals surface area (Å²) in [5, 5.41) is 3.45. The lowest BCUT2D eigenvalue weighted by Gasteiger charge is -2.19. The minimum Gasteiger partial charge on any atom is -0.381 e. The number of benzene rings is 1. The fourth-order valence-corrected chi connectivity index (χ4v) is 2.67. The van der Waals surface area contributed by atoms with Gasteiger partial charge >= 0.3 is 0 Å². The van der Waals surface area contributed by atoms with E-state index in [2.05, 4.69) is 43.6 Å². The molecule has 0 aliphatic carbocycles. The van der Waals surface area contributed by atoms with Gasteiger partial charge in [-0.1, -0.05) is 31.2 Å². The second-order valence-corrected chi connectivity index (χ2v) is 5.33. The summed E-state index contributed by atoms with van der Waals surface area (Å²) in [5.74, 6) is 0.748. The number of nitrogens with one attached hydrogen (secondary N) is 1. The second-order valence-electron chi connectivity index (χ2n) is 5.33. The Labute approximate surface area is 111 Å². The predicted molar refractivity (Wildman–Crippen MR) is 75.9 cm³/mol. The molecule has 1 aliphatic heterocycles. The van der Waals surface area contributed by atoms with Crippen molar-refractivity contribution in [1.82, 2.24) is 5.32 Å². The lowest BCUT2D eigenvalue weighted by molar-refractivity contribution is 0.181. The van der Waals surface area contributed by atoms with Gasteiger partial charge in [-0.25, -0.2) is 0 Å². The van der Waals surface area contributed by atoms with Gasteiger partial charge in [0.2, 0.25) is 0 Å². The maximum absolute atomic E-state index is 5.46. The van der Waals surface area contributed by atoms with E-state index in [0.717, 1.165) is 32.0 Å². The zero-order valence-corrected chi connectivity index (χ0v) is 11.6. The van der Waals surface area contributed by atoms with Gasteiger partial charge in [-0.3, -0.25) is 0 Å². The van der Waals surface area contributed by atoms with Gasteiger partial charge in [0, 0.05) is 19.3 Å². The molecule has 0 amide bonds. The molecule has 1 aromatic rings. The van der Waals surface area contributed by atoms with Crippen LogP contribution in [0.15, 0.2) is 24.3 Å². The van der Waals surface area contributed by atoms with E-state index in [9.17, 15) is 0 Å². The van der Waals surface area contributed by atoms with Crippen LogP contribution in [-0.4, -0.2) is 26.3 Å². The summed E-state index contributed by atoms with van der Waals surface area (Å²) in [5.41, 5.74) is 2.86. The fraction of sp³-hybridized carbons (Fsp3) is 0.625. The van der Waals surface area contributed by atoms with E-state index >= 15 is 0 Å². The number of ether oxygens (including phenoxy) is 1. The van der Waals surface area contributed by atoms with Crippen LogP contribution in [0.4, 0.5) is 0 Å². The number of hydrogen-bond acceptors (Lipinski definition) is 2. The van der Waals surface area contributed by atoms with Crippen LogP contribution in [-0.2, 0) is 17.6 Å². The minimum atomic E-state index is 0.573. The number of rotatable bonds is 6. The molecule has 1 aromatic carbocycles. The maximum Gasteiger partial charge on any atom is 0.0495 e. The summed E-state index contributed by atoms with van der Waals surface area (Å²) in [4.78, 5) is 0. The molecule has 1 heterocycles. The molecule has 1 saturated heterocycles. The highest BCUT2D eigenvalue weighted by Gasteiger charge is 2.19. The van der Waals surface area contributed by atoms with Crippen molar-refractivity contribution >= 4 is 0 Å². The minimum absolute atomic E-state index is 0.573. The van der Waals surface area contributed by atoms with Gasteiger partial charge in [0.25, 0.3) is 0 Å². The molecule has 2 nitrogen and oxygen atoms in total. The van der Waals surface area contributed by atoms with Crippen LogP contribution < -0.4 is 5.32 Å². The zero-order valence-electron chi connectivity index (χ0n) is 11.6. The Morgan fingerprint density at radius 2 is 2.00 bits per heavy atom. The van der Waals surface area contributed by atoms with E-state index in [-0.39, 0.29) is 0 Å². The van der Waals surface area contributed by atoms with Crippen LogP contribution in [0.5, 0.6) is 0 Å². The normalized spacial score (nSPS) is 21.1. The molecular formula is C16H25NO. The third-order valence-corrected chi connectivity index (χ3v) is 3.96.